The number of phenols is 1. The van der Waals surface area contributed by atoms with E-state index in [0.29, 0.717) is 0 Å². The zero-order valence-electron chi connectivity index (χ0n) is 31.9. The van der Waals surface area contributed by atoms with Crippen molar-refractivity contribution in [1.82, 2.24) is 9.80 Å². The van der Waals surface area contributed by atoms with Gasteiger partial charge >= 0.3 is 0 Å². The Morgan fingerprint density at radius 2 is 1.29 bits per heavy atom. The van der Waals surface area contributed by atoms with Gasteiger partial charge in [0.25, 0.3) is 5.91 Å². The SMILES string of the molecule is CC/C(=C(\c1ccc(O)cc1)c1ccc(N2CCC(CN3CCN(c4ccc5c(c4)CN(C)C5=O)CC3)CC2)cc1)c1ccccc1.CCCCC. The lowest BCUT2D eigenvalue weighted by atomic mass is 9.88. The monoisotopic (exact) mass is 698 g/mol. The summed E-state index contributed by atoms with van der Waals surface area (Å²) in [5, 5.41) is 9.97. The fraction of sp³-hybridized carbons (Fsp3) is 0.413. The van der Waals surface area contributed by atoms with E-state index in [1.54, 1.807) is 17.0 Å². The molecule has 6 nitrogen and oxygen atoms in total. The number of benzene rings is 4. The molecule has 1 N–H and O–H groups in total. The first-order valence-corrected chi connectivity index (χ1v) is 19.7. The predicted octanol–water partition coefficient (Wildman–Crippen LogP) is 9.58. The predicted molar refractivity (Wildman–Crippen MR) is 218 cm³/mol. The lowest BCUT2D eigenvalue weighted by Gasteiger charge is -2.40. The van der Waals surface area contributed by atoms with Gasteiger partial charge in [0, 0.05) is 76.3 Å². The Morgan fingerprint density at radius 1 is 0.692 bits per heavy atom. The van der Waals surface area contributed by atoms with E-state index >= 15 is 0 Å². The summed E-state index contributed by atoms with van der Waals surface area (Å²) in [5.41, 5.74) is 10.7. The lowest BCUT2D eigenvalue weighted by molar-refractivity contribution is 0.0816. The van der Waals surface area contributed by atoms with Gasteiger partial charge in [-0.15, -0.1) is 0 Å². The number of piperidine rings is 1. The van der Waals surface area contributed by atoms with Crippen molar-refractivity contribution in [3.63, 3.8) is 0 Å². The standard InChI is InChI=1S/C41H46N4O2.C5H12/c1-3-38(31-7-5-4-6-8-31)40(33-11-16-37(46)17-12-33)32-9-13-35(14-10-32)44-21-19-30(20-22-44)28-43-23-25-45(26-24-43)36-15-18-39-34(27-36)29-42(2)41(39)47;1-3-5-4-2/h4-18,27,30,46H,3,19-26,28-29H2,1-2H3;3-5H2,1-2H3/b40-38+;. The maximum absolute atomic E-state index is 12.3. The molecule has 0 aliphatic carbocycles. The second-order valence-corrected chi connectivity index (χ2v) is 14.7. The third-order valence-electron chi connectivity index (χ3n) is 11.1. The summed E-state index contributed by atoms with van der Waals surface area (Å²) in [6.45, 7) is 15.0. The molecule has 2 saturated heterocycles. The molecule has 4 aromatic carbocycles. The molecule has 0 spiro atoms. The van der Waals surface area contributed by atoms with Crippen molar-refractivity contribution < 1.29 is 9.90 Å². The fourth-order valence-corrected chi connectivity index (χ4v) is 8.08. The minimum absolute atomic E-state index is 0.140. The van der Waals surface area contributed by atoms with Crippen molar-refractivity contribution in [2.24, 2.45) is 5.92 Å². The van der Waals surface area contributed by atoms with Gasteiger partial charge in [0.2, 0.25) is 0 Å². The number of fused-ring (bicyclic) bond motifs is 1. The van der Waals surface area contributed by atoms with Gasteiger partial charge in [0.05, 0.1) is 0 Å². The number of anilines is 2. The van der Waals surface area contributed by atoms with Crippen LogP contribution >= 0.6 is 0 Å². The van der Waals surface area contributed by atoms with E-state index in [9.17, 15) is 9.90 Å². The van der Waals surface area contributed by atoms with Gasteiger partial charge in [-0.05, 0) is 101 Å². The molecule has 3 aliphatic heterocycles. The van der Waals surface area contributed by atoms with Gasteiger partial charge in [-0.2, -0.15) is 0 Å². The first-order chi connectivity index (χ1) is 25.4. The van der Waals surface area contributed by atoms with Gasteiger partial charge in [0.15, 0.2) is 0 Å². The Labute approximate surface area is 312 Å². The summed E-state index contributed by atoms with van der Waals surface area (Å²) in [6.07, 6.45) is 7.44. The Kier molecular flexibility index (Phi) is 12.7. The largest absolute Gasteiger partial charge is 0.508 e. The quantitative estimate of drug-likeness (QED) is 0.167. The lowest BCUT2D eigenvalue weighted by Crippen LogP contribution is -2.49. The second kappa shape index (κ2) is 17.8. The normalized spacial score (nSPS) is 17.1. The summed E-state index contributed by atoms with van der Waals surface area (Å²) >= 11 is 0. The van der Waals surface area contributed by atoms with Crippen LogP contribution in [-0.4, -0.2) is 73.7 Å². The summed E-state index contributed by atoms with van der Waals surface area (Å²) < 4.78 is 0. The fourth-order valence-electron chi connectivity index (χ4n) is 8.08. The van der Waals surface area contributed by atoms with E-state index < -0.39 is 0 Å². The third kappa shape index (κ3) is 8.90. The number of carbonyl (C=O) groups excluding carboxylic acids is 1. The van der Waals surface area contributed by atoms with Crippen LogP contribution in [0.15, 0.2) is 97.1 Å². The molecule has 6 heteroatoms. The molecule has 0 atom stereocenters. The van der Waals surface area contributed by atoms with Crippen molar-refractivity contribution in [3.8, 4) is 5.75 Å². The van der Waals surface area contributed by atoms with Gasteiger partial charge in [-0.3, -0.25) is 9.69 Å². The first kappa shape index (κ1) is 37.2. The minimum atomic E-state index is 0.140. The highest BCUT2D eigenvalue weighted by molar-refractivity contribution is 5.99. The van der Waals surface area contributed by atoms with Crippen molar-refractivity contribution in [2.45, 2.75) is 65.8 Å². The topological polar surface area (TPSA) is 50.3 Å². The molecule has 274 valence electrons. The average Bonchev–Trinajstić information content (AvgIpc) is 3.47. The molecule has 0 bridgehead atoms. The highest BCUT2D eigenvalue weighted by atomic mass is 16.3. The molecule has 2 fully saturated rings. The van der Waals surface area contributed by atoms with Gasteiger partial charge in [0.1, 0.15) is 5.75 Å². The van der Waals surface area contributed by atoms with Crippen LogP contribution in [0.5, 0.6) is 5.75 Å². The zero-order chi connectivity index (χ0) is 36.5. The smallest absolute Gasteiger partial charge is 0.254 e. The number of hydrogen-bond donors (Lipinski definition) is 1. The van der Waals surface area contributed by atoms with E-state index in [1.807, 2.05) is 25.2 Å². The van der Waals surface area contributed by atoms with Crippen LogP contribution in [0.25, 0.3) is 11.1 Å². The maximum Gasteiger partial charge on any atom is 0.254 e. The number of nitrogens with zero attached hydrogens (tertiary/aromatic N) is 4. The summed E-state index contributed by atoms with van der Waals surface area (Å²) in [6, 6.07) is 33.8. The number of aromatic hydroxyl groups is 1. The molecule has 0 saturated carbocycles. The minimum Gasteiger partial charge on any atom is -0.508 e. The number of unbranched alkanes of at least 4 members (excludes halogenated alkanes) is 2. The molecule has 7 rings (SSSR count). The molecule has 4 aromatic rings. The molecule has 3 heterocycles. The first-order valence-electron chi connectivity index (χ1n) is 19.7. The van der Waals surface area contributed by atoms with Gasteiger partial charge < -0.3 is 19.8 Å². The Morgan fingerprint density at radius 3 is 1.88 bits per heavy atom. The average molecular weight is 699 g/mol. The third-order valence-corrected chi connectivity index (χ3v) is 11.1. The van der Waals surface area contributed by atoms with Crippen LogP contribution in [0, 0.1) is 5.92 Å². The van der Waals surface area contributed by atoms with Crippen LogP contribution in [0.1, 0.15) is 91.9 Å². The van der Waals surface area contributed by atoms with Crippen molar-refractivity contribution in [3.05, 3.63) is 125 Å². The molecule has 0 unspecified atom stereocenters. The summed E-state index contributed by atoms with van der Waals surface area (Å²) in [4.78, 5) is 21.8. The van der Waals surface area contributed by atoms with Crippen LogP contribution in [0.3, 0.4) is 0 Å². The summed E-state index contributed by atoms with van der Waals surface area (Å²) in [7, 11) is 1.88. The molecular formula is C46H58N4O2. The molecular weight excluding hydrogens is 641 g/mol. The Balaban J connectivity index is 0.000000870. The van der Waals surface area contributed by atoms with E-state index in [4.69, 9.17) is 0 Å². The Hall–Kier alpha value is -4.55. The Bertz CT molecular complexity index is 1770. The number of phenolic OH excluding ortho intramolecular Hbond substituents is 1. The van der Waals surface area contributed by atoms with Crippen molar-refractivity contribution in [2.75, 3.05) is 62.7 Å². The van der Waals surface area contributed by atoms with E-state index in [-0.39, 0.29) is 11.7 Å². The maximum atomic E-state index is 12.3. The van der Waals surface area contributed by atoms with Crippen molar-refractivity contribution in [1.29, 1.82) is 0 Å². The zero-order valence-corrected chi connectivity index (χ0v) is 31.9. The number of amides is 1. The van der Waals surface area contributed by atoms with Gasteiger partial charge in [-0.25, -0.2) is 0 Å². The number of hydrogen-bond acceptors (Lipinski definition) is 5. The van der Waals surface area contributed by atoms with Crippen molar-refractivity contribution >= 4 is 28.4 Å². The molecule has 52 heavy (non-hydrogen) atoms. The van der Waals surface area contributed by atoms with Crippen LogP contribution in [0.2, 0.25) is 0 Å². The van der Waals surface area contributed by atoms with Crippen LogP contribution < -0.4 is 9.80 Å². The molecule has 0 radical (unpaired) electrons. The van der Waals surface area contributed by atoms with E-state index in [2.05, 4.69) is 102 Å². The number of allylic oxidation sites excluding steroid dienone is 1. The molecule has 3 aliphatic rings. The number of piperazine rings is 1. The summed E-state index contributed by atoms with van der Waals surface area (Å²) in [5.74, 6) is 1.16. The highest BCUT2D eigenvalue weighted by Gasteiger charge is 2.27. The van der Waals surface area contributed by atoms with E-state index in [1.165, 1.54) is 72.3 Å². The molecule has 1 amide bonds. The number of rotatable bonds is 10. The second-order valence-electron chi connectivity index (χ2n) is 14.7. The van der Waals surface area contributed by atoms with E-state index in [0.717, 1.165) is 74.8 Å². The van der Waals surface area contributed by atoms with Crippen LogP contribution in [0.4, 0.5) is 11.4 Å². The van der Waals surface area contributed by atoms with Crippen LogP contribution in [-0.2, 0) is 6.54 Å². The highest BCUT2D eigenvalue weighted by Crippen LogP contribution is 2.36. The van der Waals surface area contributed by atoms with Gasteiger partial charge in [-0.1, -0.05) is 94.6 Å². The molecule has 0 aromatic heterocycles. The number of carbonyl (C=O) groups is 1.